The minimum absolute atomic E-state index is 0.186. The number of hydrogen-bond acceptors (Lipinski definition) is 4. The summed E-state index contributed by atoms with van der Waals surface area (Å²) in [5, 5.41) is 10.5. The number of ether oxygens (including phenoxy) is 1. The van der Waals surface area contributed by atoms with Crippen LogP contribution in [0.2, 0.25) is 0 Å². The van der Waals surface area contributed by atoms with Crippen LogP contribution in [0.3, 0.4) is 0 Å². The van der Waals surface area contributed by atoms with Crippen LogP contribution in [-0.2, 0) is 10.3 Å². The molecule has 1 saturated heterocycles. The van der Waals surface area contributed by atoms with Crippen molar-refractivity contribution >= 4 is 6.09 Å². The largest absolute Gasteiger partial charge is 0.438 e. The summed E-state index contributed by atoms with van der Waals surface area (Å²) in [5.74, 6) is -0.357. The van der Waals surface area contributed by atoms with E-state index >= 15 is 0 Å². The molecule has 178 valence electrons. The Morgan fingerprint density at radius 3 is 2.38 bits per heavy atom. The van der Waals surface area contributed by atoms with Crippen LogP contribution in [0.4, 0.5) is 9.18 Å². The van der Waals surface area contributed by atoms with Crippen molar-refractivity contribution in [2.75, 3.05) is 6.54 Å². The lowest BCUT2D eigenvalue weighted by molar-refractivity contribution is -0.101. The maximum absolute atomic E-state index is 13.5. The molecule has 0 saturated carbocycles. The number of aryl methyl sites for hydroxylation is 1. The summed E-state index contributed by atoms with van der Waals surface area (Å²) >= 11 is 0. The Hall–Kier alpha value is -3.25. The van der Waals surface area contributed by atoms with Crippen molar-refractivity contribution in [1.29, 1.82) is 0 Å². The van der Waals surface area contributed by atoms with Crippen LogP contribution in [0.25, 0.3) is 11.1 Å². The van der Waals surface area contributed by atoms with Gasteiger partial charge in [0.25, 0.3) is 0 Å². The predicted octanol–water partition coefficient (Wildman–Crippen LogP) is 6.16. The van der Waals surface area contributed by atoms with Gasteiger partial charge in [-0.2, -0.15) is 0 Å². The zero-order valence-corrected chi connectivity index (χ0v) is 20.1. The number of amides is 1. The molecule has 34 heavy (non-hydrogen) atoms. The lowest BCUT2D eigenvalue weighted by Gasteiger charge is -2.45. The Labute approximate surface area is 200 Å². The number of cyclic esters (lactones) is 1. The molecule has 2 atom stereocenters. The summed E-state index contributed by atoms with van der Waals surface area (Å²) in [6.45, 7) is 7.78. The lowest BCUT2D eigenvalue weighted by Crippen LogP contribution is -2.51. The number of halogens is 1. The molecule has 1 amide bonds. The highest BCUT2D eigenvalue weighted by atomic mass is 19.1. The number of nitrogens with zero attached hydrogens (tertiary/aromatic N) is 2. The minimum Gasteiger partial charge on any atom is -0.438 e. The van der Waals surface area contributed by atoms with E-state index in [9.17, 15) is 14.3 Å². The van der Waals surface area contributed by atoms with Crippen molar-refractivity contribution in [2.24, 2.45) is 0 Å². The molecule has 5 nitrogen and oxygen atoms in total. The number of aromatic nitrogens is 1. The van der Waals surface area contributed by atoms with Gasteiger partial charge in [-0.1, -0.05) is 36.4 Å². The Bertz CT molecular complexity index is 1160. The second-order valence-corrected chi connectivity index (χ2v) is 9.79. The zero-order valence-electron chi connectivity index (χ0n) is 20.1. The molecule has 1 N–H and O–H groups in total. The Morgan fingerprint density at radius 2 is 1.79 bits per heavy atom. The number of rotatable bonds is 6. The van der Waals surface area contributed by atoms with E-state index in [2.05, 4.69) is 4.98 Å². The molecule has 1 unspecified atom stereocenters. The van der Waals surface area contributed by atoms with Gasteiger partial charge >= 0.3 is 6.09 Å². The second kappa shape index (κ2) is 9.18. The van der Waals surface area contributed by atoms with Crippen molar-refractivity contribution in [1.82, 2.24) is 9.88 Å². The van der Waals surface area contributed by atoms with Crippen LogP contribution in [0.1, 0.15) is 56.5 Å². The first-order valence-electron chi connectivity index (χ1n) is 11.6. The zero-order chi connectivity index (χ0) is 24.5. The summed E-state index contributed by atoms with van der Waals surface area (Å²) in [4.78, 5) is 19.2. The molecule has 0 spiro atoms. The smallest absolute Gasteiger partial charge is 0.411 e. The SMILES string of the molecule is Cc1cc(-c2ccc([C@H](C)N3CCC(CC(C)(C)O)(c4ccc(F)cc4)OC3=O)cc2)ccn1. The molecule has 1 aliphatic rings. The molecule has 1 aliphatic heterocycles. The highest BCUT2D eigenvalue weighted by Gasteiger charge is 2.46. The van der Waals surface area contributed by atoms with Crippen molar-refractivity contribution in [3.05, 3.63) is 89.5 Å². The number of benzene rings is 2. The standard InChI is InChI=1S/C28H31FN2O3/c1-19-17-23(13-15-30-19)22-7-5-21(6-8-22)20(2)31-16-14-28(34-26(31)32,18-27(3,4)33)24-9-11-25(29)12-10-24/h5-13,15,17,20,33H,14,16,18H2,1-4H3/t20-,28?/m0/s1. The third kappa shape index (κ3) is 5.12. The third-order valence-electron chi connectivity index (χ3n) is 6.45. The molecule has 2 aromatic carbocycles. The molecule has 6 heteroatoms. The van der Waals surface area contributed by atoms with Gasteiger partial charge in [-0.05, 0) is 74.2 Å². The quantitative estimate of drug-likeness (QED) is 0.477. The molecule has 0 bridgehead atoms. The highest BCUT2D eigenvalue weighted by Crippen LogP contribution is 2.42. The van der Waals surface area contributed by atoms with Crippen molar-refractivity contribution < 1.29 is 19.0 Å². The maximum Gasteiger partial charge on any atom is 0.411 e. The molecule has 4 rings (SSSR count). The maximum atomic E-state index is 13.5. The summed E-state index contributed by atoms with van der Waals surface area (Å²) in [6, 6.07) is 18.0. The van der Waals surface area contributed by atoms with Crippen LogP contribution in [0.5, 0.6) is 0 Å². The van der Waals surface area contributed by atoms with Gasteiger partial charge in [0.05, 0.1) is 11.6 Å². The van der Waals surface area contributed by atoms with Gasteiger partial charge in [0.1, 0.15) is 11.4 Å². The second-order valence-electron chi connectivity index (χ2n) is 9.79. The van der Waals surface area contributed by atoms with Gasteiger partial charge in [-0.3, -0.25) is 4.98 Å². The van der Waals surface area contributed by atoms with E-state index < -0.39 is 17.3 Å². The average Bonchev–Trinajstić information content (AvgIpc) is 2.78. The van der Waals surface area contributed by atoms with E-state index in [0.717, 1.165) is 22.4 Å². The number of hydrogen-bond donors (Lipinski definition) is 1. The molecular formula is C28H31FN2O3. The van der Waals surface area contributed by atoms with Crippen molar-refractivity contribution in [2.45, 2.75) is 57.8 Å². The normalized spacial score (nSPS) is 19.6. The molecule has 0 aliphatic carbocycles. The van der Waals surface area contributed by atoms with Crippen LogP contribution in [0, 0.1) is 12.7 Å². The lowest BCUT2D eigenvalue weighted by atomic mass is 9.80. The van der Waals surface area contributed by atoms with Gasteiger partial charge < -0.3 is 14.7 Å². The van der Waals surface area contributed by atoms with E-state index in [1.165, 1.54) is 12.1 Å². The third-order valence-corrected chi connectivity index (χ3v) is 6.45. The monoisotopic (exact) mass is 462 g/mol. The summed E-state index contributed by atoms with van der Waals surface area (Å²) in [7, 11) is 0. The highest BCUT2D eigenvalue weighted by molar-refractivity contribution is 5.70. The van der Waals surface area contributed by atoms with Gasteiger partial charge in [0.15, 0.2) is 0 Å². The Morgan fingerprint density at radius 1 is 1.12 bits per heavy atom. The number of carbonyl (C=O) groups excluding carboxylic acids is 1. The summed E-state index contributed by atoms with van der Waals surface area (Å²) in [5.41, 5.74) is 2.76. The van der Waals surface area contributed by atoms with E-state index in [1.54, 1.807) is 37.1 Å². The molecular weight excluding hydrogens is 431 g/mol. The van der Waals surface area contributed by atoms with Gasteiger partial charge in [0, 0.05) is 31.3 Å². The Kier molecular flexibility index (Phi) is 6.45. The first-order valence-corrected chi connectivity index (χ1v) is 11.6. The summed E-state index contributed by atoms with van der Waals surface area (Å²) in [6.07, 6.45) is 2.07. The van der Waals surface area contributed by atoms with E-state index in [1.807, 2.05) is 50.2 Å². The molecule has 1 fully saturated rings. The molecule has 1 aromatic heterocycles. The van der Waals surface area contributed by atoms with Crippen LogP contribution < -0.4 is 0 Å². The molecule has 2 heterocycles. The van der Waals surface area contributed by atoms with E-state index in [4.69, 9.17) is 4.74 Å². The number of carbonyl (C=O) groups is 1. The van der Waals surface area contributed by atoms with Gasteiger partial charge in [-0.25, -0.2) is 9.18 Å². The molecule has 3 aromatic rings. The minimum atomic E-state index is -1.07. The van der Waals surface area contributed by atoms with E-state index in [0.29, 0.717) is 18.5 Å². The first kappa shape index (κ1) is 23.9. The fourth-order valence-electron chi connectivity index (χ4n) is 4.76. The van der Waals surface area contributed by atoms with Crippen LogP contribution >= 0.6 is 0 Å². The van der Waals surface area contributed by atoms with Crippen LogP contribution in [0.15, 0.2) is 66.9 Å². The van der Waals surface area contributed by atoms with Crippen LogP contribution in [-0.4, -0.2) is 33.2 Å². The molecule has 0 radical (unpaired) electrons. The van der Waals surface area contributed by atoms with Crippen molar-refractivity contribution in [3.63, 3.8) is 0 Å². The Balaban J connectivity index is 1.54. The fourth-order valence-corrected chi connectivity index (χ4v) is 4.76. The van der Waals surface area contributed by atoms with E-state index in [-0.39, 0.29) is 18.3 Å². The number of aliphatic hydroxyl groups is 1. The fraction of sp³-hybridized carbons (Fsp3) is 0.357. The topological polar surface area (TPSA) is 62.7 Å². The number of pyridine rings is 1. The summed E-state index contributed by atoms with van der Waals surface area (Å²) < 4.78 is 19.6. The van der Waals surface area contributed by atoms with Crippen molar-refractivity contribution in [3.8, 4) is 11.1 Å². The van der Waals surface area contributed by atoms with Gasteiger partial charge in [-0.15, -0.1) is 0 Å². The average molecular weight is 463 g/mol. The predicted molar refractivity (Wildman–Crippen MR) is 130 cm³/mol. The van der Waals surface area contributed by atoms with Gasteiger partial charge in [0.2, 0.25) is 0 Å². The first-order chi connectivity index (χ1) is 16.1.